The number of nitrogens with zero attached hydrogens (tertiary/aromatic N) is 1. The van der Waals surface area contributed by atoms with E-state index in [9.17, 15) is 13.2 Å². The number of carbonyl (C=O) groups excluding carboxylic acids is 1. The summed E-state index contributed by atoms with van der Waals surface area (Å²) in [6.45, 7) is 4.18. The number of rotatable bonds is 6. The number of thiocarbonyl (C=S) groups is 1. The molecule has 3 aromatic carbocycles. The first-order valence-electron chi connectivity index (χ1n) is 10.8. The summed E-state index contributed by atoms with van der Waals surface area (Å²) in [5.41, 5.74) is 2.66. The average Bonchev–Trinajstić information content (AvgIpc) is 3.24. The number of sulfonamides is 1. The van der Waals surface area contributed by atoms with Crippen LogP contribution in [-0.4, -0.2) is 32.1 Å². The second-order valence-electron chi connectivity index (χ2n) is 8.05. The average molecular weight is 496 g/mol. The smallest absolute Gasteiger partial charge is 0.264 e. The van der Waals surface area contributed by atoms with Crippen molar-refractivity contribution in [3.8, 4) is 5.75 Å². The Morgan fingerprint density at radius 1 is 1.00 bits per heavy atom. The van der Waals surface area contributed by atoms with Gasteiger partial charge in [0.1, 0.15) is 5.75 Å². The van der Waals surface area contributed by atoms with Crippen LogP contribution < -0.4 is 19.7 Å². The van der Waals surface area contributed by atoms with Crippen molar-refractivity contribution in [3.63, 3.8) is 0 Å². The number of hydrogen-bond acceptors (Lipinski definition) is 5. The second-order valence-corrected chi connectivity index (χ2v) is 10.3. The highest BCUT2D eigenvalue weighted by atomic mass is 32.2. The van der Waals surface area contributed by atoms with Crippen LogP contribution in [-0.2, 0) is 16.4 Å². The number of ether oxygens (including phenoxy) is 1. The van der Waals surface area contributed by atoms with E-state index in [2.05, 4.69) is 10.6 Å². The molecular weight excluding hydrogens is 470 g/mol. The van der Waals surface area contributed by atoms with Crippen molar-refractivity contribution in [3.05, 3.63) is 83.9 Å². The molecular formula is C25H25N3O4S2. The Labute approximate surface area is 204 Å². The van der Waals surface area contributed by atoms with Gasteiger partial charge in [0.2, 0.25) is 0 Å². The van der Waals surface area contributed by atoms with Crippen molar-refractivity contribution >= 4 is 44.6 Å². The molecule has 3 aromatic rings. The molecule has 0 atom stereocenters. The summed E-state index contributed by atoms with van der Waals surface area (Å²) in [6, 6.07) is 20.7. The first-order valence-corrected chi connectivity index (χ1v) is 12.7. The lowest BCUT2D eigenvalue weighted by Crippen LogP contribution is -2.34. The fraction of sp³-hybridized carbons (Fsp3) is 0.200. The van der Waals surface area contributed by atoms with E-state index >= 15 is 0 Å². The third-order valence-electron chi connectivity index (χ3n) is 5.27. The summed E-state index contributed by atoms with van der Waals surface area (Å²) in [6.07, 6.45) is 0.608. The third kappa shape index (κ3) is 5.05. The number of fused-ring (bicyclic) bond motifs is 1. The van der Waals surface area contributed by atoms with Crippen LogP contribution in [0.2, 0.25) is 0 Å². The molecule has 4 rings (SSSR count). The molecule has 0 saturated heterocycles. The predicted octanol–water partition coefficient (Wildman–Crippen LogP) is 4.35. The van der Waals surface area contributed by atoms with Crippen molar-refractivity contribution in [1.29, 1.82) is 0 Å². The van der Waals surface area contributed by atoms with E-state index in [4.69, 9.17) is 17.0 Å². The second kappa shape index (κ2) is 9.82. The lowest BCUT2D eigenvalue weighted by atomic mass is 10.2. The van der Waals surface area contributed by atoms with Crippen LogP contribution in [0.5, 0.6) is 5.75 Å². The monoisotopic (exact) mass is 495 g/mol. The molecule has 0 aromatic heterocycles. The van der Waals surface area contributed by atoms with E-state index in [0.717, 1.165) is 11.3 Å². The quantitative estimate of drug-likeness (QED) is 0.495. The minimum absolute atomic E-state index is 0.0807. The van der Waals surface area contributed by atoms with E-state index in [0.29, 0.717) is 30.0 Å². The Hall–Kier alpha value is -3.43. The molecule has 0 aliphatic carbocycles. The predicted molar refractivity (Wildman–Crippen MR) is 137 cm³/mol. The lowest BCUT2D eigenvalue weighted by molar-refractivity contribution is 0.0972. The maximum Gasteiger partial charge on any atom is 0.264 e. The van der Waals surface area contributed by atoms with E-state index in [-0.39, 0.29) is 16.1 Å². The summed E-state index contributed by atoms with van der Waals surface area (Å²) < 4.78 is 33.4. The van der Waals surface area contributed by atoms with Crippen molar-refractivity contribution in [1.82, 2.24) is 5.32 Å². The Bertz CT molecular complexity index is 1320. The molecule has 0 saturated carbocycles. The van der Waals surface area contributed by atoms with E-state index in [1.807, 2.05) is 38.1 Å². The molecule has 0 bridgehead atoms. The van der Waals surface area contributed by atoms with E-state index in [1.54, 1.807) is 36.4 Å². The van der Waals surface area contributed by atoms with Gasteiger partial charge in [-0.1, -0.05) is 30.3 Å². The Morgan fingerprint density at radius 3 is 2.41 bits per heavy atom. The van der Waals surface area contributed by atoms with Crippen molar-refractivity contribution < 1.29 is 17.9 Å². The Kier molecular flexibility index (Phi) is 6.85. The fourth-order valence-electron chi connectivity index (χ4n) is 3.74. The number of anilines is 2. The summed E-state index contributed by atoms with van der Waals surface area (Å²) in [5.74, 6) is 0.0662. The summed E-state index contributed by atoms with van der Waals surface area (Å²) >= 11 is 5.27. The maximum atomic E-state index is 13.2. The number of benzene rings is 3. The standard InChI is InChI=1S/C25H25N3O4S2/c1-17(2)32-23-10-6-4-8-21(23)24(29)27-25(33)26-19-11-13-20(14-12-19)34(30,31)28-16-15-18-7-3-5-9-22(18)28/h3-14,17H,15-16H2,1-2H3,(H2,26,27,29,33). The minimum Gasteiger partial charge on any atom is -0.490 e. The molecule has 1 aliphatic heterocycles. The molecule has 0 spiro atoms. The zero-order valence-corrected chi connectivity index (χ0v) is 20.4. The van der Waals surface area contributed by atoms with Gasteiger partial charge in [-0.2, -0.15) is 0 Å². The van der Waals surface area contributed by atoms with Crippen molar-refractivity contribution in [2.45, 2.75) is 31.3 Å². The highest BCUT2D eigenvalue weighted by Gasteiger charge is 2.30. The van der Waals surface area contributed by atoms with Crippen LogP contribution in [0, 0.1) is 0 Å². The molecule has 0 fully saturated rings. The topological polar surface area (TPSA) is 87.7 Å². The molecule has 1 aliphatic rings. The number of hydrogen-bond donors (Lipinski definition) is 2. The molecule has 1 heterocycles. The third-order valence-corrected chi connectivity index (χ3v) is 7.30. The number of carbonyl (C=O) groups is 1. The number of nitrogens with one attached hydrogen (secondary N) is 2. The van der Waals surface area contributed by atoms with Gasteiger partial charge in [0.25, 0.3) is 15.9 Å². The van der Waals surface area contributed by atoms with Crippen molar-refractivity contribution in [2.75, 3.05) is 16.2 Å². The maximum absolute atomic E-state index is 13.2. The Balaban J connectivity index is 1.42. The van der Waals surface area contributed by atoms with Gasteiger partial charge in [-0.15, -0.1) is 0 Å². The molecule has 0 unspecified atom stereocenters. The molecule has 9 heteroatoms. The van der Waals surface area contributed by atoms with Gasteiger partial charge in [0, 0.05) is 12.2 Å². The van der Waals surface area contributed by atoms with Crippen LogP contribution in [0.1, 0.15) is 29.8 Å². The zero-order chi connectivity index (χ0) is 24.3. The van der Waals surface area contributed by atoms with Crippen LogP contribution in [0.3, 0.4) is 0 Å². The van der Waals surface area contributed by atoms with Crippen molar-refractivity contribution in [2.24, 2.45) is 0 Å². The number of para-hydroxylation sites is 2. The molecule has 34 heavy (non-hydrogen) atoms. The van der Waals surface area contributed by atoms with Gasteiger partial charge in [-0.25, -0.2) is 8.42 Å². The van der Waals surface area contributed by atoms with Crippen LogP contribution in [0.4, 0.5) is 11.4 Å². The molecule has 7 nitrogen and oxygen atoms in total. The van der Waals surface area contributed by atoms with Gasteiger partial charge < -0.3 is 10.1 Å². The minimum atomic E-state index is -3.68. The van der Waals surface area contributed by atoms with Crippen LogP contribution in [0.15, 0.2) is 77.7 Å². The Morgan fingerprint density at radius 2 is 1.68 bits per heavy atom. The van der Waals surface area contributed by atoms with Gasteiger partial charge in [0.05, 0.1) is 22.3 Å². The van der Waals surface area contributed by atoms with Crippen LogP contribution >= 0.6 is 12.2 Å². The highest BCUT2D eigenvalue weighted by Crippen LogP contribution is 2.32. The summed E-state index contributed by atoms with van der Waals surface area (Å²) in [5, 5.41) is 5.64. The zero-order valence-electron chi connectivity index (χ0n) is 18.8. The van der Waals surface area contributed by atoms with Crippen LogP contribution in [0.25, 0.3) is 0 Å². The molecule has 2 N–H and O–H groups in total. The van der Waals surface area contributed by atoms with Gasteiger partial charge in [-0.05, 0) is 80.5 Å². The van der Waals surface area contributed by atoms with E-state index in [1.165, 1.54) is 16.4 Å². The first-order chi connectivity index (χ1) is 16.3. The number of amides is 1. The molecule has 0 radical (unpaired) electrons. The molecule has 176 valence electrons. The summed E-state index contributed by atoms with van der Waals surface area (Å²) in [7, 11) is -3.68. The lowest BCUT2D eigenvalue weighted by Gasteiger charge is -2.20. The largest absolute Gasteiger partial charge is 0.490 e. The normalized spacial score (nSPS) is 12.9. The van der Waals surface area contributed by atoms with Gasteiger partial charge in [-0.3, -0.25) is 14.4 Å². The van der Waals surface area contributed by atoms with Gasteiger partial charge in [0.15, 0.2) is 5.11 Å². The highest BCUT2D eigenvalue weighted by molar-refractivity contribution is 7.92. The SMILES string of the molecule is CC(C)Oc1ccccc1C(=O)NC(=S)Nc1ccc(S(=O)(=O)N2CCc3ccccc32)cc1. The fourth-order valence-corrected chi connectivity index (χ4v) is 5.45. The van der Waals surface area contributed by atoms with E-state index < -0.39 is 15.9 Å². The first kappa shape index (κ1) is 23.7. The van der Waals surface area contributed by atoms with Gasteiger partial charge >= 0.3 is 0 Å². The summed E-state index contributed by atoms with van der Waals surface area (Å²) in [4.78, 5) is 12.9. The molecule has 1 amide bonds.